The van der Waals surface area contributed by atoms with Crippen molar-refractivity contribution in [3.63, 3.8) is 0 Å². The van der Waals surface area contributed by atoms with Crippen molar-refractivity contribution < 1.29 is 0 Å². The van der Waals surface area contributed by atoms with Gasteiger partial charge in [0.25, 0.3) is 0 Å². The summed E-state index contributed by atoms with van der Waals surface area (Å²) in [4.78, 5) is 5.46. The molecule has 1 aromatic heterocycles. The van der Waals surface area contributed by atoms with Crippen LogP contribution in [0.2, 0.25) is 0 Å². The zero-order valence-electron chi connectivity index (χ0n) is 7.14. The van der Waals surface area contributed by atoms with E-state index in [4.69, 9.17) is 5.26 Å². The van der Waals surface area contributed by atoms with Gasteiger partial charge in [-0.3, -0.25) is 0 Å². The van der Waals surface area contributed by atoms with Crippen molar-refractivity contribution in [3.8, 4) is 5.40 Å². The molecule has 0 N–H and O–H groups in total. The number of nitriles is 1. The molecule has 5 heteroatoms. The van der Waals surface area contributed by atoms with Gasteiger partial charge in [-0.05, 0) is 23.9 Å². The maximum atomic E-state index is 8.40. The van der Waals surface area contributed by atoms with E-state index in [1.165, 1.54) is 16.5 Å². The van der Waals surface area contributed by atoms with Crippen LogP contribution in [-0.4, -0.2) is 10.1 Å². The van der Waals surface area contributed by atoms with E-state index in [1.807, 2.05) is 17.6 Å². The predicted molar refractivity (Wildman–Crippen MR) is 63.5 cm³/mol. The van der Waals surface area contributed by atoms with Crippen LogP contribution >= 0.6 is 34.9 Å². The van der Waals surface area contributed by atoms with E-state index >= 15 is 0 Å². The van der Waals surface area contributed by atoms with E-state index in [0.29, 0.717) is 0 Å². The molecule has 0 aliphatic heterocycles. The van der Waals surface area contributed by atoms with E-state index in [-0.39, 0.29) is 0 Å². The molecule has 0 fully saturated rings. The Morgan fingerprint density at radius 1 is 1.50 bits per heavy atom. The summed E-state index contributed by atoms with van der Waals surface area (Å²) in [5.41, 5.74) is 2.91. The SMILES string of the molecule is N#CSCSc1cccc2scnc12. The van der Waals surface area contributed by atoms with Crippen molar-refractivity contribution in [2.24, 2.45) is 0 Å². The van der Waals surface area contributed by atoms with Gasteiger partial charge in [0.1, 0.15) is 5.40 Å². The van der Waals surface area contributed by atoms with Gasteiger partial charge in [0, 0.05) is 4.90 Å². The number of para-hydroxylation sites is 1. The predicted octanol–water partition coefficient (Wildman–Crippen LogP) is 3.56. The van der Waals surface area contributed by atoms with Gasteiger partial charge in [0.2, 0.25) is 0 Å². The number of nitrogens with zero attached hydrogens (tertiary/aromatic N) is 2. The summed E-state index contributed by atoms with van der Waals surface area (Å²) in [5.74, 6) is 0. The number of thiazole rings is 1. The normalized spacial score (nSPS) is 10.2. The Bertz CT molecular complexity index is 472. The van der Waals surface area contributed by atoms with Gasteiger partial charge in [0.15, 0.2) is 0 Å². The lowest BCUT2D eigenvalue weighted by Gasteiger charge is -1.98. The van der Waals surface area contributed by atoms with Crippen LogP contribution < -0.4 is 0 Å². The summed E-state index contributed by atoms with van der Waals surface area (Å²) in [6.45, 7) is 0. The lowest BCUT2D eigenvalue weighted by Crippen LogP contribution is -1.75. The van der Waals surface area contributed by atoms with Crippen molar-refractivity contribution in [1.82, 2.24) is 4.98 Å². The van der Waals surface area contributed by atoms with Crippen LogP contribution in [0.5, 0.6) is 0 Å². The number of hydrogen-bond acceptors (Lipinski definition) is 5. The minimum atomic E-state index is 0.757. The number of rotatable bonds is 3. The second kappa shape index (κ2) is 4.69. The molecule has 0 bridgehead atoms. The van der Waals surface area contributed by atoms with Gasteiger partial charge in [-0.1, -0.05) is 6.07 Å². The lowest BCUT2D eigenvalue weighted by atomic mass is 10.3. The number of aromatic nitrogens is 1. The summed E-state index contributed by atoms with van der Waals surface area (Å²) >= 11 is 4.57. The highest BCUT2D eigenvalue weighted by Gasteiger charge is 2.03. The molecular weight excluding hydrogens is 232 g/mol. The monoisotopic (exact) mass is 238 g/mol. The van der Waals surface area contributed by atoms with Gasteiger partial charge in [-0.15, -0.1) is 23.1 Å². The molecule has 0 atom stereocenters. The van der Waals surface area contributed by atoms with Crippen molar-refractivity contribution in [1.29, 1.82) is 5.26 Å². The molecule has 2 rings (SSSR count). The Hall–Kier alpha value is -0.700. The number of fused-ring (bicyclic) bond motifs is 1. The molecule has 0 amide bonds. The fourth-order valence-electron chi connectivity index (χ4n) is 1.10. The van der Waals surface area contributed by atoms with Gasteiger partial charge < -0.3 is 0 Å². The Balaban J connectivity index is 2.24. The Morgan fingerprint density at radius 2 is 2.43 bits per heavy atom. The van der Waals surface area contributed by atoms with E-state index in [9.17, 15) is 0 Å². The second-order valence-corrected chi connectivity index (χ2v) is 5.48. The third-order valence-corrected chi connectivity index (χ3v) is 4.17. The van der Waals surface area contributed by atoms with E-state index < -0.39 is 0 Å². The fourth-order valence-corrected chi connectivity index (χ4v) is 3.29. The molecule has 0 saturated carbocycles. The first-order chi connectivity index (χ1) is 6.92. The Morgan fingerprint density at radius 3 is 3.29 bits per heavy atom. The standard InChI is InChI=1S/C9H6N2S3/c10-4-12-6-14-8-3-1-2-7-9(8)11-5-13-7/h1-3,5H,6H2. The second-order valence-electron chi connectivity index (χ2n) is 2.45. The van der Waals surface area contributed by atoms with Crippen LogP contribution in [0, 0.1) is 10.7 Å². The summed E-state index contributed by atoms with van der Waals surface area (Å²) in [7, 11) is 0. The third-order valence-electron chi connectivity index (χ3n) is 1.66. The van der Waals surface area contributed by atoms with Crippen molar-refractivity contribution >= 4 is 45.1 Å². The van der Waals surface area contributed by atoms with Crippen LogP contribution in [0.15, 0.2) is 28.6 Å². The van der Waals surface area contributed by atoms with Gasteiger partial charge in [-0.2, -0.15) is 5.26 Å². The smallest absolute Gasteiger partial charge is 0.134 e. The molecule has 2 aromatic rings. The highest BCUT2D eigenvalue weighted by molar-refractivity contribution is 8.18. The maximum Gasteiger partial charge on any atom is 0.134 e. The molecule has 0 saturated heterocycles. The molecular formula is C9H6N2S3. The molecule has 1 aromatic carbocycles. The molecule has 2 nitrogen and oxygen atoms in total. The first-order valence-corrected chi connectivity index (χ1v) is 6.73. The highest BCUT2D eigenvalue weighted by Crippen LogP contribution is 2.30. The Labute approximate surface area is 94.3 Å². The van der Waals surface area contributed by atoms with Crippen LogP contribution in [0.3, 0.4) is 0 Å². The fraction of sp³-hybridized carbons (Fsp3) is 0.111. The Kier molecular flexibility index (Phi) is 3.30. The van der Waals surface area contributed by atoms with Crippen LogP contribution in [0.25, 0.3) is 10.2 Å². The quantitative estimate of drug-likeness (QED) is 0.354. The molecule has 70 valence electrons. The van der Waals surface area contributed by atoms with Crippen LogP contribution in [0.1, 0.15) is 0 Å². The van der Waals surface area contributed by atoms with Crippen LogP contribution in [0.4, 0.5) is 0 Å². The summed E-state index contributed by atoms with van der Waals surface area (Å²) in [5, 5.41) is 11.2. The highest BCUT2D eigenvalue weighted by atomic mass is 32.2. The van der Waals surface area contributed by atoms with Gasteiger partial charge in [0.05, 0.1) is 20.8 Å². The van der Waals surface area contributed by atoms with E-state index in [1.54, 1.807) is 23.1 Å². The number of thiocyanates is 1. The zero-order valence-corrected chi connectivity index (χ0v) is 9.59. The minimum absolute atomic E-state index is 0.757. The van der Waals surface area contributed by atoms with E-state index in [2.05, 4.69) is 16.5 Å². The lowest BCUT2D eigenvalue weighted by molar-refractivity contribution is 1.41. The summed E-state index contributed by atoms with van der Waals surface area (Å²) in [6, 6.07) is 6.14. The summed E-state index contributed by atoms with van der Waals surface area (Å²) in [6.07, 6.45) is 0. The zero-order chi connectivity index (χ0) is 9.80. The molecule has 0 unspecified atom stereocenters. The minimum Gasteiger partial charge on any atom is -0.243 e. The third kappa shape index (κ3) is 2.03. The molecule has 0 aliphatic rings. The molecule has 14 heavy (non-hydrogen) atoms. The maximum absolute atomic E-state index is 8.40. The van der Waals surface area contributed by atoms with Crippen molar-refractivity contribution in [3.05, 3.63) is 23.7 Å². The number of thioether (sulfide) groups is 2. The van der Waals surface area contributed by atoms with Crippen molar-refractivity contribution in [2.45, 2.75) is 4.90 Å². The average molecular weight is 238 g/mol. The largest absolute Gasteiger partial charge is 0.243 e. The van der Waals surface area contributed by atoms with E-state index in [0.717, 1.165) is 15.5 Å². The van der Waals surface area contributed by atoms with Gasteiger partial charge in [-0.25, -0.2) is 4.98 Å². The number of hydrogen-bond donors (Lipinski definition) is 0. The number of benzene rings is 1. The summed E-state index contributed by atoms with van der Waals surface area (Å²) < 4.78 is 1.21. The molecule has 1 heterocycles. The average Bonchev–Trinajstić information content (AvgIpc) is 2.67. The molecule has 0 spiro atoms. The van der Waals surface area contributed by atoms with Crippen molar-refractivity contribution in [2.75, 3.05) is 5.08 Å². The topological polar surface area (TPSA) is 36.7 Å². The van der Waals surface area contributed by atoms with Crippen LogP contribution in [-0.2, 0) is 0 Å². The molecule has 0 radical (unpaired) electrons. The first-order valence-electron chi connectivity index (χ1n) is 3.87. The van der Waals surface area contributed by atoms with Gasteiger partial charge >= 0.3 is 0 Å². The first kappa shape index (κ1) is 9.84. The molecule has 0 aliphatic carbocycles.